The zero-order valence-electron chi connectivity index (χ0n) is 9.09. The Hall–Kier alpha value is -1.41. The van der Waals surface area contributed by atoms with Gasteiger partial charge in [-0.2, -0.15) is 0 Å². The number of rotatable bonds is 5. The van der Waals surface area contributed by atoms with E-state index in [4.69, 9.17) is 5.11 Å². The predicted octanol–water partition coefficient (Wildman–Crippen LogP) is -0.418. The topological polar surface area (TPSA) is 101 Å². The number of fused-ring (bicyclic) bond motifs is 1. The monoisotopic (exact) mass is 259 g/mol. The minimum atomic E-state index is -3.65. The molecule has 0 amide bonds. The van der Waals surface area contributed by atoms with Crippen LogP contribution in [0.25, 0.3) is 0 Å². The van der Waals surface area contributed by atoms with Crippen molar-refractivity contribution in [2.75, 3.05) is 6.54 Å². The molecule has 2 rings (SSSR count). The lowest BCUT2D eigenvalue weighted by Gasteiger charge is -2.06. The molecule has 0 aromatic carbocycles. The lowest BCUT2D eigenvalue weighted by atomic mass is 10.4. The van der Waals surface area contributed by atoms with E-state index < -0.39 is 16.0 Å². The molecule has 0 atom stereocenters. The molecule has 8 heteroatoms. The van der Waals surface area contributed by atoms with E-state index in [-0.39, 0.29) is 18.0 Å². The maximum Gasteiger partial charge on any atom is 0.304 e. The highest BCUT2D eigenvalue weighted by atomic mass is 32.2. The molecule has 1 aromatic rings. The smallest absolute Gasteiger partial charge is 0.304 e. The SMILES string of the molecule is O=C(O)CCNS(=O)(=O)c1cnc2n1CCC2. The molecule has 0 radical (unpaired) electrons. The van der Waals surface area contributed by atoms with Gasteiger partial charge in [0, 0.05) is 19.5 Å². The molecule has 0 aliphatic carbocycles. The van der Waals surface area contributed by atoms with Crippen LogP contribution in [0.4, 0.5) is 0 Å². The molecule has 1 aliphatic rings. The van der Waals surface area contributed by atoms with Crippen LogP contribution in [0.15, 0.2) is 11.2 Å². The summed E-state index contributed by atoms with van der Waals surface area (Å²) in [6.07, 6.45) is 2.75. The van der Waals surface area contributed by atoms with Crippen LogP contribution in [-0.2, 0) is 27.8 Å². The average molecular weight is 259 g/mol. The fraction of sp³-hybridized carbons (Fsp3) is 0.556. The number of hydrogen-bond acceptors (Lipinski definition) is 4. The summed E-state index contributed by atoms with van der Waals surface area (Å²) in [6.45, 7) is 0.530. The number of aromatic nitrogens is 2. The van der Waals surface area contributed by atoms with Crippen LogP contribution >= 0.6 is 0 Å². The molecule has 0 unspecified atom stereocenters. The second-order valence-corrected chi connectivity index (χ2v) is 5.52. The molecule has 17 heavy (non-hydrogen) atoms. The van der Waals surface area contributed by atoms with Crippen molar-refractivity contribution in [2.24, 2.45) is 0 Å². The number of aryl methyl sites for hydroxylation is 1. The maximum atomic E-state index is 11.9. The van der Waals surface area contributed by atoms with Crippen LogP contribution in [-0.4, -0.2) is 35.6 Å². The van der Waals surface area contributed by atoms with Crippen molar-refractivity contribution in [1.82, 2.24) is 14.3 Å². The molecule has 1 aromatic heterocycles. The second kappa shape index (κ2) is 4.46. The maximum absolute atomic E-state index is 11.9. The van der Waals surface area contributed by atoms with Gasteiger partial charge >= 0.3 is 5.97 Å². The molecule has 94 valence electrons. The molecule has 2 N–H and O–H groups in total. The van der Waals surface area contributed by atoms with Crippen LogP contribution in [0.5, 0.6) is 0 Å². The van der Waals surface area contributed by atoms with Gasteiger partial charge in [-0.1, -0.05) is 0 Å². The van der Waals surface area contributed by atoms with Gasteiger partial charge in [-0.25, -0.2) is 18.1 Å². The Morgan fingerprint density at radius 3 is 3.06 bits per heavy atom. The fourth-order valence-corrected chi connectivity index (χ4v) is 3.01. The van der Waals surface area contributed by atoms with Gasteiger partial charge in [0.1, 0.15) is 5.82 Å². The van der Waals surface area contributed by atoms with Crippen LogP contribution in [0.1, 0.15) is 18.7 Å². The largest absolute Gasteiger partial charge is 0.481 e. The zero-order valence-corrected chi connectivity index (χ0v) is 9.90. The summed E-state index contributed by atoms with van der Waals surface area (Å²) < 4.78 is 27.6. The van der Waals surface area contributed by atoms with Gasteiger partial charge < -0.3 is 9.67 Å². The third-order valence-electron chi connectivity index (χ3n) is 2.59. The van der Waals surface area contributed by atoms with Crippen molar-refractivity contribution < 1.29 is 18.3 Å². The van der Waals surface area contributed by atoms with E-state index in [1.54, 1.807) is 4.57 Å². The summed E-state index contributed by atoms with van der Waals surface area (Å²) in [5.41, 5.74) is 0. The summed E-state index contributed by atoms with van der Waals surface area (Å²) in [6, 6.07) is 0. The van der Waals surface area contributed by atoms with Crippen molar-refractivity contribution >= 4 is 16.0 Å². The number of nitrogens with one attached hydrogen (secondary N) is 1. The van der Waals surface area contributed by atoms with E-state index in [0.29, 0.717) is 6.54 Å². The van der Waals surface area contributed by atoms with Crippen LogP contribution in [0, 0.1) is 0 Å². The summed E-state index contributed by atoms with van der Waals surface area (Å²) in [5.74, 6) is -0.269. The van der Waals surface area contributed by atoms with E-state index >= 15 is 0 Å². The first-order valence-electron chi connectivity index (χ1n) is 5.26. The highest BCUT2D eigenvalue weighted by Gasteiger charge is 2.24. The normalized spacial score (nSPS) is 14.8. The summed E-state index contributed by atoms with van der Waals surface area (Å²) in [4.78, 5) is 14.3. The highest BCUT2D eigenvalue weighted by Crippen LogP contribution is 2.19. The molecule has 7 nitrogen and oxygen atoms in total. The zero-order chi connectivity index (χ0) is 12.5. The standard InChI is InChI=1S/C9H13N3O4S/c13-9(14)3-4-11-17(15,16)8-6-10-7-2-1-5-12(7)8/h6,11H,1-5H2,(H,13,14). The quantitative estimate of drug-likeness (QED) is 0.748. The first kappa shape index (κ1) is 12.1. The van der Waals surface area contributed by atoms with Gasteiger partial charge in [-0.05, 0) is 6.42 Å². The second-order valence-electron chi connectivity index (χ2n) is 3.81. The lowest BCUT2D eigenvalue weighted by molar-refractivity contribution is -0.136. The number of hydrogen-bond donors (Lipinski definition) is 2. The molecule has 2 heterocycles. The number of carboxylic acid groups (broad SMARTS) is 1. The molecule has 1 aliphatic heterocycles. The Labute approximate surface area is 98.5 Å². The molecular formula is C9H13N3O4S. The van der Waals surface area contributed by atoms with Gasteiger partial charge in [0.25, 0.3) is 10.0 Å². The third-order valence-corrected chi connectivity index (χ3v) is 4.05. The fourth-order valence-electron chi connectivity index (χ4n) is 1.81. The highest BCUT2D eigenvalue weighted by molar-refractivity contribution is 7.89. The van der Waals surface area contributed by atoms with Gasteiger partial charge in [0.2, 0.25) is 0 Å². The van der Waals surface area contributed by atoms with Gasteiger partial charge in [0.15, 0.2) is 5.03 Å². The Bertz CT molecular complexity index is 534. The Morgan fingerprint density at radius 1 is 1.59 bits per heavy atom. The number of imidazole rings is 1. The first-order chi connectivity index (χ1) is 8.00. The third kappa shape index (κ3) is 2.47. The summed E-state index contributed by atoms with van der Waals surface area (Å²) in [5, 5.41) is 8.56. The van der Waals surface area contributed by atoms with Crippen LogP contribution < -0.4 is 4.72 Å². The first-order valence-corrected chi connectivity index (χ1v) is 6.75. The Morgan fingerprint density at radius 2 is 2.35 bits per heavy atom. The number of aliphatic carboxylic acids is 1. The van der Waals surface area contributed by atoms with Crippen molar-refractivity contribution in [3.8, 4) is 0 Å². The molecule has 0 fully saturated rings. The Kier molecular flexibility index (Phi) is 3.16. The number of nitrogens with zero attached hydrogens (tertiary/aromatic N) is 2. The lowest BCUT2D eigenvalue weighted by Crippen LogP contribution is -2.28. The van der Waals surface area contributed by atoms with E-state index in [1.165, 1.54) is 6.20 Å². The molecule has 0 bridgehead atoms. The number of carbonyl (C=O) groups is 1. The Balaban J connectivity index is 2.12. The van der Waals surface area contributed by atoms with Crippen molar-refractivity contribution in [3.05, 3.63) is 12.0 Å². The van der Waals surface area contributed by atoms with Crippen LogP contribution in [0.2, 0.25) is 0 Å². The van der Waals surface area contributed by atoms with E-state index in [2.05, 4.69) is 9.71 Å². The van der Waals surface area contributed by atoms with Gasteiger partial charge in [-0.3, -0.25) is 4.79 Å². The van der Waals surface area contributed by atoms with Crippen molar-refractivity contribution in [1.29, 1.82) is 0 Å². The van der Waals surface area contributed by atoms with Crippen molar-refractivity contribution in [2.45, 2.75) is 30.8 Å². The van der Waals surface area contributed by atoms with E-state index in [0.717, 1.165) is 18.7 Å². The number of sulfonamides is 1. The van der Waals surface area contributed by atoms with Gasteiger partial charge in [-0.15, -0.1) is 0 Å². The summed E-state index contributed by atoms with van der Waals surface area (Å²) in [7, 11) is -3.65. The molecule has 0 spiro atoms. The van der Waals surface area contributed by atoms with E-state index in [9.17, 15) is 13.2 Å². The minimum Gasteiger partial charge on any atom is -0.481 e. The van der Waals surface area contributed by atoms with Gasteiger partial charge in [0.05, 0.1) is 12.6 Å². The molecule has 0 saturated carbocycles. The molecule has 0 saturated heterocycles. The average Bonchev–Trinajstić information content (AvgIpc) is 2.75. The van der Waals surface area contributed by atoms with Crippen molar-refractivity contribution in [3.63, 3.8) is 0 Å². The summed E-state index contributed by atoms with van der Waals surface area (Å²) >= 11 is 0. The van der Waals surface area contributed by atoms with Crippen LogP contribution in [0.3, 0.4) is 0 Å². The number of carboxylic acids is 1. The predicted molar refractivity (Wildman–Crippen MR) is 58.0 cm³/mol. The minimum absolute atomic E-state index is 0.113. The van der Waals surface area contributed by atoms with E-state index in [1.807, 2.05) is 0 Å². The molecular weight excluding hydrogens is 246 g/mol.